The summed E-state index contributed by atoms with van der Waals surface area (Å²) in [4.78, 5) is 29.8. The molecule has 1 aliphatic carbocycles. The number of amides is 2. The first kappa shape index (κ1) is 23.8. The van der Waals surface area contributed by atoms with Crippen LogP contribution in [0.15, 0.2) is 23.6 Å². The van der Waals surface area contributed by atoms with Gasteiger partial charge in [0.05, 0.1) is 24.3 Å². The molecule has 0 radical (unpaired) electrons. The third-order valence-electron chi connectivity index (χ3n) is 4.43. The standard InChI is InChI=1S/C19H17F6N3O3S/c1-2-31-16(29)14-9-32-15(27-14)8-28(13-3-4-13)17(30)26-12-6-10(18(20,21)22)5-11(7-12)19(23,24)25/h5-7,9,13H,2-4,8H2,1H3,(H,26,30). The van der Waals surface area contributed by atoms with E-state index < -0.39 is 41.2 Å². The van der Waals surface area contributed by atoms with Gasteiger partial charge in [0, 0.05) is 17.1 Å². The monoisotopic (exact) mass is 481 g/mol. The summed E-state index contributed by atoms with van der Waals surface area (Å²) in [6.45, 7) is 1.72. The molecule has 1 aromatic heterocycles. The summed E-state index contributed by atoms with van der Waals surface area (Å²) in [6.07, 6.45) is -8.80. The molecule has 32 heavy (non-hydrogen) atoms. The Morgan fingerprint density at radius 2 is 1.72 bits per heavy atom. The number of anilines is 1. The Morgan fingerprint density at radius 3 is 2.22 bits per heavy atom. The van der Waals surface area contributed by atoms with Crippen molar-refractivity contribution in [2.75, 3.05) is 11.9 Å². The Hall–Kier alpha value is -2.83. The van der Waals surface area contributed by atoms with Crippen molar-refractivity contribution in [2.45, 2.75) is 44.7 Å². The number of esters is 1. The van der Waals surface area contributed by atoms with Crippen LogP contribution < -0.4 is 5.32 Å². The number of nitrogens with one attached hydrogen (secondary N) is 1. The van der Waals surface area contributed by atoms with Crippen LogP contribution in [0.25, 0.3) is 0 Å². The average Bonchev–Trinajstić information content (AvgIpc) is 3.41. The third-order valence-corrected chi connectivity index (χ3v) is 5.26. The van der Waals surface area contributed by atoms with E-state index in [1.807, 2.05) is 0 Å². The Bertz CT molecular complexity index is 969. The number of urea groups is 1. The van der Waals surface area contributed by atoms with Gasteiger partial charge in [0.25, 0.3) is 0 Å². The van der Waals surface area contributed by atoms with Gasteiger partial charge < -0.3 is 15.0 Å². The number of thiazole rings is 1. The van der Waals surface area contributed by atoms with E-state index in [4.69, 9.17) is 4.74 Å². The molecule has 1 N–H and O–H groups in total. The van der Waals surface area contributed by atoms with Gasteiger partial charge in [-0.05, 0) is 38.0 Å². The van der Waals surface area contributed by atoms with Gasteiger partial charge in [0.2, 0.25) is 0 Å². The normalized spacial score (nSPS) is 14.2. The van der Waals surface area contributed by atoms with Crippen LogP contribution in [0.5, 0.6) is 0 Å². The number of halogens is 6. The summed E-state index contributed by atoms with van der Waals surface area (Å²) in [6, 6.07) is -0.229. The maximum absolute atomic E-state index is 13.0. The van der Waals surface area contributed by atoms with Crippen LogP contribution in [-0.2, 0) is 23.6 Å². The lowest BCUT2D eigenvalue weighted by Crippen LogP contribution is -2.36. The van der Waals surface area contributed by atoms with E-state index in [0.29, 0.717) is 30.0 Å². The molecular formula is C19H17F6N3O3S. The maximum atomic E-state index is 13.0. The van der Waals surface area contributed by atoms with Crippen molar-refractivity contribution in [1.82, 2.24) is 9.88 Å². The van der Waals surface area contributed by atoms with Crippen molar-refractivity contribution in [1.29, 1.82) is 0 Å². The van der Waals surface area contributed by atoms with Gasteiger partial charge in [0.15, 0.2) is 5.69 Å². The Balaban J connectivity index is 1.80. The fraction of sp³-hybridized carbons (Fsp3) is 0.421. The number of benzene rings is 1. The Labute approximate surface area is 182 Å². The minimum atomic E-state index is -5.03. The molecule has 1 heterocycles. The van der Waals surface area contributed by atoms with E-state index in [0.717, 1.165) is 11.3 Å². The molecule has 0 aliphatic heterocycles. The fourth-order valence-electron chi connectivity index (χ4n) is 2.80. The number of nitrogens with zero attached hydrogens (tertiary/aromatic N) is 2. The number of alkyl halides is 6. The van der Waals surface area contributed by atoms with Crippen LogP contribution in [0.1, 0.15) is 46.4 Å². The zero-order chi connectivity index (χ0) is 23.7. The highest BCUT2D eigenvalue weighted by Gasteiger charge is 2.38. The largest absolute Gasteiger partial charge is 0.461 e. The molecular weight excluding hydrogens is 464 g/mol. The van der Waals surface area contributed by atoms with Crippen LogP contribution in [0.3, 0.4) is 0 Å². The zero-order valence-corrected chi connectivity index (χ0v) is 17.3. The maximum Gasteiger partial charge on any atom is 0.416 e. The van der Waals surface area contributed by atoms with E-state index in [1.165, 1.54) is 10.3 Å². The molecule has 2 aromatic rings. The molecule has 0 spiro atoms. The number of ether oxygens (including phenoxy) is 1. The number of rotatable bonds is 6. The molecule has 0 bridgehead atoms. The molecule has 1 fully saturated rings. The van der Waals surface area contributed by atoms with E-state index in [9.17, 15) is 35.9 Å². The second-order valence-corrected chi connectivity index (χ2v) is 7.87. The Kier molecular flexibility index (Phi) is 6.67. The summed E-state index contributed by atoms with van der Waals surface area (Å²) in [5, 5.41) is 3.94. The SMILES string of the molecule is CCOC(=O)c1csc(CN(C(=O)Nc2cc(C(F)(F)F)cc(C(F)(F)F)c2)C2CC2)n1. The smallest absolute Gasteiger partial charge is 0.416 e. The van der Waals surface area contributed by atoms with Gasteiger partial charge in [-0.15, -0.1) is 11.3 Å². The second-order valence-electron chi connectivity index (χ2n) is 6.93. The van der Waals surface area contributed by atoms with Crippen molar-refractivity contribution >= 4 is 29.0 Å². The summed E-state index contributed by atoms with van der Waals surface area (Å²) in [7, 11) is 0. The lowest BCUT2D eigenvalue weighted by molar-refractivity contribution is -0.143. The van der Waals surface area contributed by atoms with Crippen molar-refractivity contribution in [3.8, 4) is 0 Å². The molecule has 2 amide bonds. The van der Waals surface area contributed by atoms with Crippen LogP contribution in [0, 0.1) is 0 Å². The predicted molar refractivity (Wildman–Crippen MR) is 102 cm³/mol. The van der Waals surface area contributed by atoms with Gasteiger partial charge in [-0.3, -0.25) is 0 Å². The van der Waals surface area contributed by atoms with Crippen molar-refractivity contribution in [3.05, 3.63) is 45.4 Å². The lowest BCUT2D eigenvalue weighted by Gasteiger charge is -2.22. The highest BCUT2D eigenvalue weighted by atomic mass is 32.1. The molecule has 174 valence electrons. The minimum absolute atomic E-state index is 0.0131. The van der Waals surface area contributed by atoms with E-state index in [1.54, 1.807) is 6.92 Å². The van der Waals surface area contributed by atoms with Gasteiger partial charge in [-0.25, -0.2) is 14.6 Å². The van der Waals surface area contributed by atoms with Crippen molar-refractivity contribution < 1.29 is 40.7 Å². The number of aromatic nitrogens is 1. The summed E-state index contributed by atoms with van der Waals surface area (Å²) in [5.41, 5.74) is -3.64. The molecule has 0 saturated heterocycles. The van der Waals surface area contributed by atoms with E-state index >= 15 is 0 Å². The van der Waals surface area contributed by atoms with Crippen LogP contribution >= 0.6 is 11.3 Å². The first-order valence-corrected chi connectivity index (χ1v) is 10.2. The van der Waals surface area contributed by atoms with E-state index in [-0.39, 0.29) is 31.0 Å². The molecule has 1 aliphatic rings. The van der Waals surface area contributed by atoms with Crippen LogP contribution in [-0.4, -0.2) is 34.5 Å². The van der Waals surface area contributed by atoms with Gasteiger partial charge in [-0.1, -0.05) is 0 Å². The third kappa shape index (κ3) is 5.90. The van der Waals surface area contributed by atoms with Crippen molar-refractivity contribution in [2.24, 2.45) is 0 Å². The highest BCUT2D eigenvalue weighted by molar-refractivity contribution is 7.09. The zero-order valence-electron chi connectivity index (χ0n) is 16.5. The number of hydrogen-bond donors (Lipinski definition) is 1. The number of carbonyl (C=O) groups is 2. The second kappa shape index (κ2) is 8.96. The predicted octanol–water partition coefficient (Wildman–Crippen LogP) is 5.55. The number of hydrogen-bond acceptors (Lipinski definition) is 5. The lowest BCUT2D eigenvalue weighted by atomic mass is 10.1. The van der Waals surface area contributed by atoms with Crippen LogP contribution in [0.2, 0.25) is 0 Å². The van der Waals surface area contributed by atoms with Gasteiger partial charge in [0.1, 0.15) is 5.01 Å². The first-order valence-electron chi connectivity index (χ1n) is 9.37. The Morgan fingerprint density at radius 1 is 1.12 bits per heavy atom. The molecule has 3 rings (SSSR count). The quantitative estimate of drug-likeness (QED) is 0.434. The molecule has 13 heteroatoms. The molecule has 0 unspecified atom stereocenters. The molecule has 0 atom stereocenters. The highest BCUT2D eigenvalue weighted by Crippen LogP contribution is 2.38. The summed E-state index contributed by atoms with van der Waals surface area (Å²) < 4.78 is 83.1. The molecule has 6 nitrogen and oxygen atoms in total. The first-order chi connectivity index (χ1) is 14.9. The fourth-order valence-corrected chi connectivity index (χ4v) is 3.56. The molecule has 1 saturated carbocycles. The average molecular weight is 481 g/mol. The van der Waals surface area contributed by atoms with Gasteiger partial charge in [-0.2, -0.15) is 26.3 Å². The summed E-state index contributed by atoms with van der Waals surface area (Å²) >= 11 is 1.08. The van der Waals surface area contributed by atoms with Crippen LogP contribution in [0.4, 0.5) is 36.8 Å². The van der Waals surface area contributed by atoms with E-state index in [2.05, 4.69) is 10.3 Å². The molecule has 1 aromatic carbocycles. The van der Waals surface area contributed by atoms with Gasteiger partial charge >= 0.3 is 24.4 Å². The summed E-state index contributed by atoms with van der Waals surface area (Å²) in [5.74, 6) is -0.638. The minimum Gasteiger partial charge on any atom is -0.461 e. The van der Waals surface area contributed by atoms with Crippen molar-refractivity contribution in [3.63, 3.8) is 0 Å². The topological polar surface area (TPSA) is 71.5 Å². The number of carbonyl (C=O) groups excluding carboxylic acids is 2.